The van der Waals surface area contributed by atoms with Crippen LogP contribution in [0.15, 0.2) is 72.9 Å². The summed E-state index contributed by atoms with van der Waals surface area (Å²) in [6, 6.07) is 20.4. The van der Waals surface area contributed by atoms with Gasteiger partial charge in [-0.2, -0.15) is 0 Å². The van der Waals surface area contributed by atoms with Gasteiger partial charge in [-0.25, -0.2) is 4.98 Å². The van der Waals surface area contributed by atoms with E-state index in [0.717, 1.165) is 34.4 Å². The van der Waals surface area contributed by atoms with E-state index in [1.165, 1.54) is 0 Å². The summed E-state index contributed by atoms with van der Waals surface area (Å²) in [6.45, 7) is 2.35. The fourth-order valence-electron chi connectivity index (χ4n) is 4.23. The zero-order valence-corrected chi connectivity index (χ0v) is 17.7. The third-order valence-corrected chi connectivity index (χ3v) is 5.78. The lowest BCUT2D eigenvalue weighted by molar-refractivity contribution is -0.124. The summed E-state index contributed by atoms with van der Waals surface area (Å²) in [7, 11) is 0. The Hall–Kier alpha value is -4.00. The maximum absolute atomic E-state index is 13.4. The van der Waals surface area contributed by atoms with Gasteiger partial charge >= 0.3 is 0 Å². The number of anilines is 2. The molecule has 2 aromatic heterocycles. The minimum Gasteiger partial charge on any atom is -0.326 e. The van der Waals surface area contributed by atoms with Crippen molar-refractivity contribution in [1.29, 1.82) is 0 Å². The number of hydrogen-bond acceptors (Lipinski definition) is 4. The van der Waals surface area contributed by atoms with Crippen LogP contribution in [0, 0.1) is 0 Å². The molecule has 1 atom stereocenters. The number of amides is 2. The van der Waals surface area contributed by atoms with Gasteiger partial charge in [0.15, 0.2) is 0 Å². The number of nitrogens with zero attached hydrogens (tertiary/aromatic N) is 4. The van der Waals surface area contributed by atoms with Crippen molar-refractivity contribution in [2.45, 2.75) is 32.4 Å². The van der Waals surface area contributed by atoms with Crippen LogP contribution in [0.25, 0.3) is 11.0 Å². The molecule has 1 aliphatic rings. The first-order chi connectivity index (χ1) is 15.7. The van der Waals surface area contributed by atoms with Gasteiger partial charge in [0.1, 0.15) is 6.04 Å². The minimum absolute atomic E-state index is 0.0307. The van der Waals surface area contributed by atoms with Gasteiger partial charge in [-0.3, -0.25) is 24.0 Å². The molecule has 7 nitrogen and oxygen atoms in total. The number of aromatic nitrogens is 3. The Labute approximate surface area is 185 Å². The number of benzene rings is 2. The summed E-state index contributed by atoms with van der Waals surface area (Å²) in [5.41, 5.74) is 4.24. The zero-order chi connectivity index (χ0) is 22.1. The van der Waals surface area contributed by atoms with Gasteiger partial charge in [0.05, 0.1) is 29.7 Å². The van der Waals surface area contributed by atoms with Crippen molar-refractivity contribution in [2.24, 2.45) is 0 Å². The van der Waals surface area contributed by atoms with E-state index in [2.05, 4.69) is 10.3 Å². The van der Waals surface area contributed by atoms with Crippen LogP contribution in [0.1, 0.15) is 30.6 Å². The molecule has 0 bridgehead atoms. The summed E-state index contributed by atoms with van der Waals surface area (Å²) in [6.07, 6.45) is 2.55. The summed E-state index contributed by atoms with van der Waals surface area (Å²) in [5.74, 6) is 0.198. The lowest BCUT2D eigenvalue weighted by Crippen LogP contribution is -2.31. The van der Waals surface area contributed by atoms with Gasteiger partial charge in [-0.05, 0) is 42.3 Å². The minimum atomic E-state index is -0.657. The number of hydrogen-bond donors (Lipinski definition) is 1. The van der Waals surface area contributed by atoms with Gasteiger partial charge in [0, 0.05) is 11.9 Å². The number of fused-ring (bicyclic) bond motifs is 3. The smallest absolute Gasteiger partial charge is 0.253 e. The highest BCUT2D eigenvalue weighted by Gasteiger charge is 2.41. The first-order valence-corrected chi connectivity index (χ1v) is 10.7. The summed E-state index contributed by atoms with van der Waals surface area (Å²) < 4.78 is 1.88. The van der Waals surface area contributed by atoms with Gasteiger partial charge in [-0.1, -0.05) is 43.3 Å². The van der Waals surface area contributed by atoms with E-state index in [-0.39, 0.29) is 18.2 Å². The third-order valence-electron chi connectivity index (χ3n) is 5.78. The van der Waals surface area contributed by atoms with Gasteiger partial charge in [-0.15, -0.1) is 0 Å². The SMILES string of the molecule is CCc1ccccc1NC(=O)C[C@@H]1C(=O)N(Cc2ccccn2)c2nc3ccccc3n21. The molecule has 0 unspecified atom stereocenters. The van der Waals surface area contributed by atoms with Gasteiger partial charge in [0.2, 0.25) is 11.9 Å². The molecule has 2 aromatic carbocycles. The van der Waals surface area contributed by atoms with Crippen LogP contribution >= 0.6 is 0 Å². The summed E-state index contributed by atoms with van der Waals surface area (Å²) in [4.78, 5) is 37.1. The van der Waals surface area contributed by atoms with E-state index in [4.69, 9.17) is 4.98 Å². The molecule has 5 rings (SSSR count). The second kappa shape index (κ2) is 8.26. The Balaban J connectivity index is 1.47. The first-order valence-electron chi connectivity index (χ1n) is 10.7. The number of imidazole rings is 1. The maximum atomic E-state index is 13.4. The molecular formula is C25H23N5O2. The number of nitrogens with one attached hydrogen (secondary N) is 1. The number of carbonyl (C=O) groups excluding carboxylic acids is 2. The largest absolute Gasteiger partial charge is 0.326 e. The molecule has 1 aliphatic heterocycles. The Morgan fingerprint density at radius 2 is 1.81 bits per heavy atom. The van der Waals surface area contributed by atoms with Gasteiger partial charge < -0.3 is 5.32 Å². The highest BCUT2D eigenvalue weighted by atomic mass is 16.2. The van der Waals surface area contributed by atoms with Crippen LogP contribution in [0.3, 0.4) is 0 Å². The van der Waals surface area contributed by atoms with Crippen molar-refractivity contribution in [3.05, 3.63) is 84.2 Å². The predicted molar refractivity (Wildman–Crippen MR) is 123 cm³/mol. The van der Waals surface area contributed by atoms with E-state index in [1.807, 2.05) is 78.2 Å². The van der Waals surface area contributed by atoms with Crippen molar-refractivity contribution in [2.75, 3.05) is 10.2 Å². The Morgan fingerprint density at radius 1 is 1.03 bits per heavy atom. The molecule has 0 aliphatic carbocycles. The number of rotatable bonds is 6. The normalized spacial score (nSPS) is 15.2. The van der Waals surface area contributed by atoms with Crippen LogP contribution in [-0.2, 0) is 22.6 Å². The van der Waals surface area contributed by atoms with Crippen molar-refractivity contribution in [3.63, 3.8) is 0 Å². The molecule has 3 heterocycles. The third kappa shape index (κ3) is 3.51. The molecule has 0 spiro atoms. The molecule has 7 heteroatoms. The Kier molecular flexibility index (Phi) is 5.15. The van der Waals surface area contributed by atoms with Crippen molar-refractivity contribution < 1.29 is 9.59 Å². The van der Waals surface area contributed by atoms with Crippen LogP contribution in [-0.4, -0.2) is 26.3 Å². The second-order valence-corrected chi connectivity index (χ2v) is 7.79. The Morgan fingerprint density at radius 3 is 2.62 bits per heavy atom. The van der Waals surface area contributed by atoms with Crippen molar-refractivity contribution in [3.8, 4) is 0 Å². The monoisotopic (exact) mass is 425 g/mol. The van der Waals surface area contributed by atoms with Gasteiger partial charge in [0.25, 0.3) is 5.91 Å². The number of pyridine rings is 1. The zero-order valence-electron chi connectivity index (χ0n) is 17.7. The van der Waals surface area contributed by atoms with Crippen LogP contribution in [0.2, 0.25) is 0 Å². The fourth-order valence-corrected chi connectivity index (χ4v) is 4.23. The first kappa shape index (κ1) is 19.9. The highest BCUT2D eigenvalue weighted by molar-refractivity contribution is 6.05. The van der Waals surface area contributed by atoms with Crippen LogP contribution in [0.5, 0.6) is 0 Å². The van der Waals surface area contributed by atoms with E-state index < -0.39 is 6.04 Å². The number of para-hydroxylation sites is 3. The van der Waals surface area contributed by atoms with E-state index >= 15 is 0 Å². The second-order valence-electron chi connectivity index (χ2n) is 7.79. The molecular weight excluding hydrogens is 402 g/mol. The lowest BCUT2D eigenvalue weighted by Gasteiger charge is -2.16. The van der Waals surface area contributed by atoms with Crippen LogP contribution in [0.4, 0.5) is 11.6 Å². The topological polar surface area (TPSA) is 80.1 Å². The maximum Gasteiger partial charge on any atom is 0.253 e. The summed E-state index contributed by atoms with van der Waals surface area (Å²) in [5, 5.41) is 2.99. The highest BCUT2D eigenvalue weighted by Crippen LogP contribution is 2.37. The average Bonchev–Trinajstić information content (AvgIpc) is 3.31. The summed E-state index contributed by atoms with van der Waals surface area (Å²) >= 11 is 0. The molecule has 0 fully saturated rings. The molecule has 0 saturated heterocycles. The molecule has 4 aromatic rings. The predicted octanol–water partition coefficient (Wildman–Crippen LogP) is 4.11. The standard InChI is InChI=1S/C25H23N5O2/c1-2-17-9-3-4-11-19(17)27-23(31)15-22-24(32)29(16-18-10-7-8-14-26-18)25-28-20-12-5-6-13-21(20)30(22)25/h3-14,22H,2,15-16H2,1H3,(H,27,31)/t22-/m1/s1. The molecule has 32 heavy (non-hydrogen) atoms. The molecule has 2 amide bonds. The molecule has 0 saturated carbocycles. The van der Waals surface area contributed by atoms with E-state index in [1.54, 1.807) is 11.1 Å². The van der Waals surface area contributed by atoms with Crippen molar-refractivity contribution >= 4 is 34.5 Å². The number of carbonyl (C=O) groups is 2. The van der Waals surface area contributed by atoms with Crippen molar-refractivity contribution in [1.82, 2.24) is 14.5 Å². The van der Waals surface area contributed by atoms with Crippen LogP contribution < -0.4 is 10.2 Å². The number of aryl methyl sites for hydroxylation is 1. The molecule has 0 radical (unpaired) electrons. The van der Waals surface area contributed by atoms with E-state index in [0.29, 0.717) is 12.5 Å². The Bertz CT molecular complexity index is 1300. The average molecular weight is 425 g/mol. The molecule has 160 valence electrons. The fraction of sp³-hybridized carbons (Fsp3) is 0.200. The quantitative estimate of drug-likeness (QED) is 0.504. The molecule has 1 N–H and O–H groups in total. The lowest BCUT2D eigenvalue weighted by atomic mass is 10.1. The van der Waals surface area contributed by atoms with E-state index in [9.17, 15) is 9.59 Å².